The third kappa shape index (κ3) is 2.57. The van der Waals surface area contributed by atoms with Gasteiger partial charge in [0, 0.05) is 31.8 Å². The second-order valence-electron chi connectivity index (χ2n) is 7.20. The highest BCUT2D eigenvalue weighted by atomic mass is 15.4. The lowest BCUT2D eigenvalue weighted by molar-refractivity contribution is 0.588. The number of aromatic nitrogens is 11. The van der Waals surface area contributed by atoms with Crippen molar-refractivity contribution in [2.24, 2.45) is 7.05 Å². The van der Waals surface area contributed by atoms with Crippen LogP contribution in [0.3, 0.4) is 0 Å². The van der Waals surface area contributed by atoms with E-state index in [9.17, 15) is 0 Å². The van der Waals surface area contributed by atoms with Crippen molar-refractivity contribution in [3.63, 3.8) is 0 Å². The van der Waals surface area contributed by atoms with E-state index in [-0.39, 0.29) is 6.04 Å². The first-order valence-corrected chi connectivity index (χ1v) is 9.83. The monoisotopic (exact) mass is 414 g/mol. The van der Waals surface area contributed by atoms with Crippen LogP contribution in [-0.2, 0) is 7.05 Å². The SMILES string of the molecule is CCC1c2nncn2-c2cnc(-n3ccnc3-c3ccn[nH]3)nc2N1c1cnn(C)c1. The quantitative estimate of drug-likeness (QED) is 0.473. The molecule has 5 aromatic heterocycles. The van der Waals surface area contributed by atoms with Gasteiger partial charge in [0.25, 0.3) is 0 Å². The van der Waals surface area contributed by atoms with Gasteiger partial charge in [-0.3, -0.25) is 18.9 Å². The van der Waals surface area contributed by atoms with Crippen molar-refractivity contribution in [1.29, 1.82) is 0 Å². The number of anilines is 2. The molecular weight excluding hydrogens is 396 g/mol. The molecule has 0 fully saturated rings. The number of imidazole rings is 1. The van der Waals surface area contributed by atoms with E-state index >= 15 is 0 Å². The van der Waals surface area contributed by atoms with Gasteiger partial charge in [0.2, 0.25) is 5.95 Å². The molecule has 0 aromatic carbocycles. The van der Waals surface area contributed by atoms with Gasteiger partial charge in [-0.1, -0.05) is 6.92 Å². The minimum Gasteiger partial charge on any atom is -0.311 e. The number of nitrogens with one attached hydrogen (secondary N) is 1. The third-order valence-electron chi connectivity index (χ3n) is 5.36. The predicted molar refractivity (Wildman–Crippen MR) is 110 cm³/mol. The summed E-state index contributed by atoms with van der Waals surface area (Å²) in [5.41, 5.74) is 2.51. The maximum atomic E-state index is 4.96. The van der Waals surface area contributed by atoms with E-state index in [1.165, 1.54) is 0 Å². The van der Waals surface area contributed by atoms with Gasteiger partial charge in [-0.2, -0.15) is 15.2 Å². The first kappa shape index (κ1) is 17.5. The number of aromatic amines is 1. The zero-order chi connectivity index (χ0) is 20.9. The Morgan fingerprint density at radius 3 is 2.84 bits per heavy atom. The molecule has 1 unspecified atom stereocenters. The van der Waals surface area contributed by atoms with Crippen LogP contribution in [0.1, 0.15) is 25.2 Å². The lowest BCUT2D eigenvalue weighted by Gasteiger charge is -2.35. The number of rotatable bonds is 4. The summed E-state index contributed by atoms with van der Waals surface area (Å²) < 4.78 is 5.55. The van der Waals surface area contributed by atoms with Crippen molar-refractivity contribution in [2.75, 3.05) is 4.90 Å². The number of aryl methyl sites for hydroxylation is 1. The van der Waals surface area contributed by atoms with Crippen LogP contribution in [0.25, 0.3) is 23.2 Å². The van der Waals surface area contributed by atoms with Crippen LogP contribution in [-0.4, -0.2) is 54.3 Å². The van der Waals surface area contributed by atoms with Crippen LogP contribution in [0.4, 0.5) is 11.5 Å². The Hall–Kier alpha value is -4.35. The maximum Gasteiger partial charge on any atom is 0.237 e. The fourth-order valence-electron chi connectivity index (χ4n) is 3.99. The van der Waals surface area contributed by atoms with E-state index in [1.807, 2.05) is 40.8 Å². The minimum atomic E-state index is -0.0446. The van der Waals surface area contributed by atoms with Gasteiger partial charge in [0.15, 0.2) is 17.5 Å². The zero-order valence-corrected chi connectivity index (χ0v) is 16.8. The van der Waals surface area contributed by atoms with Crippen molar-refractivity contribution < 1.29 is 0 Å². The summed E-state index contributed by atoms with van der Waals surface area (Å²) in [6.45, 7) is 2.12. The first-order valence-electron chi connectivity index (χ1n) is 9.83. The molecule has 154 valence electrons. The molecule has 31 heavy (non-hydrogen) atoms. The molecule has 0 saturated heterocycles. The Bertz CT molecular complexity index is 1360. The molecular formula is C19H18N12. The van der Waals surface area contributed by atoms with Crippen LogP contribution in [0.5, 0.6) is 0 Å². The van der Waals surface area contributed by atoms with Gasteiger partial charge in [0.1, 0.15) is 17.7 Å². The van der Waals surface area contributed by atoms with Gasteiger partial charge in [-0.15, -0.1) is 10.2 Å². The van der Waals surface area contributed by atoms with Gasteiger partial charge in [0.05, 0.1) is 24.1 Å². The van der Waals surface area contributed by atoms with Crippen molar-refractivity contribution in [1.82, 2.24) is 54.3 Å². The van der Waals surface area contributed by atoms with Gasteiger partial charge in [-0.25, -0.2) is 9.97 Å². The van der Waals surface area contributed by atoms with Crippen molar-refractivity contribution in [3.05, 3.63) is 55.4 Å². The number of fused-ring (bicyclic) bond motifs is 3. The maximum absolute atomic E-state index is 4.96. The average Bonchev–Trinajstić information content (AvgIpc) is 3.58. The molecule has 0 aliphatic carbocycles. The van der Waals surface area contributed by atoms with Crippen molar-refractivity contribution >= 4 is 11.5 Å². The van der Waals surface area contributed by atoms with Gasteiger partial charge >= 0.3 is 0 Å². The summed E-state index contributed by atoms with van der Waals surface area (Å²) in [6, 6.07) is 1.81. The smallest absolute Gasteiger partial charge is 0.237 e. The number of nitrogens with zero attached hydrogens (tertiary/aromatic N) is 11. The zero-order valence-electron chi connectivity index (χ0n) is 16.8. The molecule has 12 heteroatoms. The summed E-state index contributed by atoms with van der Waals surface area (Å²) in [5.74, 6) is 2.77. The van der Waals surface area contributed by atoms with Crippen LogP contribution in [0.2, 0.25) is 0 Å². The Kier molecular flexibility index (Phi) is 3.72. The molecule has 0 saturated carbocycles. The van der Waals surface area contributed by atoms with E-state index in [2.05, 4.69) is 47.3 Å². The van der Waals surface area contributed by atoms with Crippen LogP contribution in [0, 0.1) is 0 Å². The van der Waals surface area contributed by atoms with Gasteiger partial charge in [-0.05, 0) is 12.5 Å². The molecule has 1 atom stereocenters. The summed E-state index contributed by atoms with van der Waals surface area (Å²) in [5, 5.41) is 19.8. The molecule has 0 amide bonds. The molecule has 1 aliphatic rings. The third-order valence-corrected chi connectivity index (χ3v) is 5.36. The van der Waals surface area contributed by atoms with Crippen LogP contribution < -0.4 is 4.90 Å². The number of H-pyrrole nitrogens is 1. The second kappa shape index (κ2) is 6.58. The summed E-state index contributed by atoms with van der Waals surface area (Å²) in [6.07, 6.45) is 13.3. The molecule has 1 aliphatic heterocycles. The molecule has 12 nitrogen and oxygen atoms in total. The fourth-order valence-corrected chi connectivity index (χ4v) is 3.99. The summed E-state index contributed by atoms with van der Waals surface area (Å²) >= 11 is 0. The Morgan fingerprint density at radius 2 is 2.06 bits per heavy atom. The predicted octanol–water partition coefficient (Wildman–Crippen LogP) is 1.97. The largest absolute Gasteiger partial charge is 0.311 e. The van der Waals surface area contributed by atoms with Crippen molar-refractivity contribution in [2.45, 2.75) is 19.4 Å². The van der Waals surface area contributed by atoms with E-state index in [1.54, 1.807) is 29.6 Å². The Balaban J connectivity index is 1.56. The van der Waals surface area contributed by atoms with E-state index in [4.69, 9.17) is 4.98 Å². The average molecular weight is 414 g/mol. The second-order valence-corrected chi connectivity index (χ2v) is 7.20. The van der Waals surface area contributed by atoms with E-state index < -0.39 is 0 Å². The molecule has 5 aromatic rings. The first-order chi connectivity index (χ1) is 15.2. The van der Waals surface area contributed by atoms with Crippen molar-refractivity contribution in [3.8, 4) is 23.2 Å². The molecule has 0 bridgehead atoms. The minimum absolute atomic E-state index is 0.0446. The Morgan fingerprint density at radius 1 is 1.13 bits per heavy atom. The van der Waals surface area contributed by atoms with E-state index in [0.717, 1.165) is 35.1 Å². The highest BCUT2D eigenvalue weighted by Crippen LogP contribution is 2.42. The number of hydrogen-bond donors (Lipinski definition) is 1. The van der Waals surface area contributed by atoms with Crippen LogP contribution >= 0.6 is 0 Å². The Labute approximate surface area is 176 Å². The summed E-state index contributed by atoms with van der Waals surface area (Å²) in [7, 11) is 1.89. The lowest BCUT2D eigenvalue weighted by atomic mass is 10.1. The fraction of sp³-hybridized carbons (Fsp3) is 0.211. The standard InChI is InChI=1S/C19H18N12/c1-3-14-18-27-23-11-30(18)15-9-21-19(25-17(15)31(14)12-8-24-28(2)10-12)29-7-6-20-16(29)13-4-5-22-26-13/h4-11,14H,3H2,1-2H3,(H,22,26). The molecule has 0 radical (unpaired) electrons. The van der Waals surface area contributed by atoms with E-state index in [0.29, 0.717) is 11.8 Å². The van der Waals surface area contributed by atoms with Gasteiger partial charge < -0.3 is 4.90 Å². The number of hydrogen-bond acceptors (Lipinski definition) is 8. The summed E-state index contributed by atoms with van der Waals surface area (Å²) in [4.78, 5) is 16.2. The highest BCUT2D eigenvalue weighted by Gasteiger charge is 2.35. The highest BCUT2D eigenvalue weighted by molar-refractivity contribution is 5.71. The molecule has 6 heterocycles. The normalized spacial score (nSPS) is 15.2. The molecule has 6 rings (SSSR count). The molecule has 0 spiro atoms. The lowest BCUT2D eigenvalue weighted by Crippen LogP contribution is -2.32. The van der Waals surface area contributed by atoms with Crippen LogP contribution in [0.15, 0.2) is 49.6 Å². The topological polar surface area (TPSA) is 124 Å². The molecule has 1 N–H and O–H groups in total.